The van der Waals surface area contributed by atoms with E-state index in [4.69, 9.17) is 10.5 Å². The van der Waals surface area contributed by atoms with Gasteiger partial charge in [-0.2, -0.15) is 13.2 Å². The second-order valence-electron chi connectivity index (χ2n) is 3.05. The number of benzene rings is 1. The van der Waals surface area contributed by atoms with E-state index < -0.39 is 18.8 Å². The number of ether oxygens (including phenoxy) is 2. The number of anilines is 1. The summed E-state index contributed by atoms with van der Waals surface area (Å²) in [6.45, 7) is -0.630. The third-order valence-electron chi connectivity index (χ3n) is 1.70. The lowest BCUT2D eigenvalue weighted by atomic mass is 10.3. The summed E-state index contributed by atoms with van der Waals surface area (Å²) in [4.78, 5) is 10.3. The van der Waals surface area contributed by atoms with Gasteiger partial charge in [0.2, 0.25) is 0 Å². The monoisotopic (exact) mass is 249 g/mol. The summed E-state index contributed by atoms with van der Waals surface area (Å²) >= 11 is 0. The summed E-state index contributed by atoms with van der Waals surface area (Å²) in [5, 5.41) is 0. The predicted octanol–water partition coefficient (Wildman–Crippen LogP) is 1.75. The molecule has 0 unspecified atom stereocenters. The van der Waals surface area contributed by atoms with E-state index >= 15 is 0 Å². The number of halogens is 3. The molecule has 17 heavy (non-hydrogen) atoms. The first-order valence-electron chi connectivity index (χ1n) is 4.62. The number of hydrogen-bond donors (Lipinski definition) is 1. The van der Waals surface area contributed by atoms with Crippen LogP contribution in [0.5, 0.6) is 5.75 Å². The van der Waals surface area contributed by atoms with Crippen molar-refractivity contribution in [1.29, 1.82) is 0 Å². The molecule has 0 saturated heterocycles. The molecule has 0 radical (unpaired) electrons. The van der Waals surface area contributed by atoms with E-state index in [-0.39, 0.29) is 6.61 Å². The molecule has 0 fully saturated rings. The SMILES string of the molecule is Nc1ccc(OCCOC(=O)C(F)(F)F)cc1. The van der Waals surface area contributed by atoms with Crippen LogP contribution in [-0.2, 0) is 9.53 Å². The van der Waals surface area contributed by atoms with Crippen LogP contribution in [0.2, 0.25) is 0 Å². The summed E-state index contributed by atoms with van der Waals surface area (Å²) < 4.78 is 44.1. The van der Waals surface area contributed by atoms with Crippen LogP contribution in [0.1, 0.15) is 0 Å². The highest BCUT2D eigenvalue weighted by molar-refractivity contribution is 5.75. The van der Waals surface area contributed by atoms with Crippen molar-refractivity contribution < 1.29 is 27.4 Å². The van der Waals surface area contributed by atoms with Crippen LogP contribution in [-0.4, -0.2) is 25.4 Å². The second-order valence-corrected chi connectivity index (χ2v) is 3.05. The molecule has 0 bridgehead atoms. The molecule has 0 aliphatic carbocycles. The summed E-state index contributed by atoms with van der Waals surface area (Å²) in [7, 11) is 0. The number of carbonyl (C=O) groups is 1. The first kappa shape index (κ1) is 13.1. The molecule has 4 nitrogen and oxygen atoms in total. The number of carbonyl (C=O) groups excluding carboxylic acids is 1. The zero-order valence-corrected chi connectivity index (χ0v) is 8.66. The summed E-state index contributed by atoms with van der Waals surface area (Å²) in [6.07, 6.45) is -4.97. The van der Waals surface area contributed by atoms with Gasteiger partial charge in [0, 0.05) is 5.69 Å². The first-order chi connectivity index (χ1) is 7.89. The van der Waals surface area contributed by atoms with Crippen LogP contribution in [0.4, 0.5) is 18.9 Å². The van der Waals surface area contributed by atoms with Crippen molar-refractivity contribution in [2.24, 2.45) is 0 Å². The van der Waals surface area contributed by atoms with Crippen LogP contribution in [0.15, 0.2) is 24.3 Å². The van der Waals surface area contributed by atoms with Crippen molar-refractivity contribution in [2.75, 3.05) is 18.9 Å². The van der Waals surface area contributed by atoms with Gasteiger partial charge in [-0.05, 0) is 24.3 Å². The number of nitrogens with two attached hydrogens (primary N) is 1. The molecule has 0 heterocycles. The van der Waals surface area contributed by atoms with E-state index in [9.17, 15) is 18.0 Å². The topological polar surface area (TPSA) is 61.6 Å². The second kappa shape index (κ2) is 5.42. The number of alkyl halides is 3. The smallest absolute Gasteiger partial charge is 0.490 e. The average molecular weight is 249 g/mol. The molecule has 1 aromatic carbocycles. The highest BCUT2D eigenvalue weighted by Crippen LogP contribution is 2.16. The number of rotatable bonds is 4. The average Bonchev–Trinajstić information content (AvgIpc) is 2.25. The molecule has 94 valence electrons. The van der Waals surface area contributed by atoms with Crippen LogP contribution in [0.25, 0.3) is 0 Å². The maximum absolute atomic E-state index is 11.7. The van der Waals surface area contributed by atoms with Crippen molar-refractivity contribution in [3.63, 3.8) is 0 Å². The maximum atomic E-state index is 11.7. The van der Waals surface area contributed by atoms with Gasteiger partial charge in [0.1, 0.15) is 19.0 Å². The molecule has 2 N–H and O–H groups in total. The minimum absolute atomic E-state index is 0.161. The molecule has 7 heteroatoms. The summed E-state index contributed by atoms with van der Waals surface area (Å²) in [5.41, 5.74) is 5.96. The van der Waals surface area contributed by atoms with Gasteiger partial charge in [0.15, 0.2) is 0 Å². The van der Waals surface area contributed by atoms with Crippen LogP contribution in [0.3, 0.4) is 0 Å². The Balaban J connectivity index is 2.25. The molecule has 1 aromatic rings. The normalized spacial score (nSPS) is 11.0. The van der Waals surface area contributed by atoms with Crippen molar-refractivity contribution in [3.8, 4) is 5.75 Å². The molecular formula is C10H10F3NO3. The van der Waals surface area contributed by atoms with Crippen molar-refractivity contribution in [2.45, 2.75) is 6.18 Å². The van der Waals surface area contributed by atoms with E-state index in [1.807, 2.05) is 0 Å². The molecule has 0 aliphatic rings. The van der Waals surface area contributed by atoms with E-state index in [1.165, 1.54) is 0 Å². The minimum atomic E-state index is -4.97. The Morgan fingerprint density at radius 1 is 1.18 bits per heavy atom. The Morgan fingerprint density at radius 2 is 1.76 bits per heavy atom. The fourth-order valence-corrected chi connectivity index (χ4v) is 0.940. The highest BCUT2D eigenvalue weighted by Gasteiger charge is 2.40. The summed E-state index contributed by atoms with van der Waals surface area (Å²) in [6, 6.07) is 6.27. The third kappa shape index (κ3) is 4.62. The van der Waals surface area contributed by atoms with E-state index in [1.54, 1.807) is 24.3 Å². The zero-order valence-electron chi connectivity index (χ0n) is 8.66. The molecule has 0 aromatic heterocycles. The molecule has 0 aliphatic heterocycles. The van der Waals surface area contributed by atoms with E-state index in [2.05, 4.69) is 4.74 Å². The summed E-state index contributed by atoms with van der Waals surface area (Å²) in [5.74, 6) is -1.79. The molecule has 1 rings (SSSR count). The number of nitrogen functional groups attached to an aromatic ring is 1. The fraction of sp³-hybridized carbons (Fsp3) is 0.300. The van der Waals surface area contributed by atoms with Gasteiger partial charge < -0.3 is 15.2 Å². The van der Waals surface area contributed by atoms with Gasteiger partial charge in [-0.3, -0.25) is 0 Å². The van der Waals surface area contributed by atoms with Crippen molar-refractivity contribution in [3.05, 3.63) is 24.3 Å². The Bertz CT molecular complexity index is 375. The van der Waals surface area contributed by atoms with Gasteiger partial charge in [0.05, 0.1) is 0 Å². The van der Waals surface area contributed by atoms with Gasteiger partial charge in [-0.15, -0.1) is 0 Å². The quantitative estimate of drug-likeness (QED) is 0.501. The lowest BCUT2D eigenvalue weighted by molar-refractivity contribution is -0.200. The Hall–Kier alpha value is -1.92. The lowest BCUT2D eigenvalue weighted by Crippen LogP contribution is -2.27. The molecular weight excluding hydrogens is 239 g/mol. The molecule has 0 saturated carbocycles. The van der Waals surface area contributed by atoms with Crippen LogP contribution < -0.4 is 10.5 Å². The number of esters is 1. The highest BCUT2D eigenvalue weighted by atomic mass is 19.4. The number of hydrogen-bond acceptors (Lipinski definition) is 4. The van der Waals surface area contributed by atoms with Crippen LogP contribution >= 0.6 is 0 Å². The minimum Gasteiger partial charge on any atom is -0.490 e. The fourth-order valence-electron chi connectivity index (χ4n) is 0.940. The van der Waals surface area contributed by atoms with Gasteiger partial charge in [0.25, 0.3) is 0 Å². The van der Waals surface area contributed by atoms with Gasteiger partial charge >= 0.3 is 12.1 Å². The predicted molar refractivity (Wildman–Crippen MR) is 53.4 cm³/mol. The van der Waals surface area contributed by atoms with E-state index in [0.717, 1.165) is 0 Å². The standard InChI is InChI=1S/C10H10F3NO3/c11-10(12,13)9(15)17-6-5-16-8-3-1-7(14)2-4-8/h1-4H,5-6,14H2. The Labute approximate surface area is 95.1 Å². The van der Waals surface area contributed by atoms with Crippen LogP contribution in [0, 0.1) is 0 Å². The van der Waals surface area contributed by atoms with Crippen molar-refractivity contribution in [1.82, 2.24) is 0 Å². The van der Waals surface area contributed by atoms with E-state index in [0.29, 0.717) is 11.4 Å². The van der Waals surface area contributed by atoms with Gasteiger partial charge in [-0.25, -0.2) is 4.79 Å². The maximum Gasteiger partial charge on any atom is 0.490 e. The largest absolute Gasteiger partial charge is 0.490 e. The Morgan fingerprint density at radius 3 is 2.29 bits per heavy atom. The first-order valence-corrected chi connectivity index (χ1v) is 4.62. The zero-order chi connectivity index (χ0) is 12.9. The Kier molecular flexibility index (Phi) is 4.19. The molecule has 0 atom stereocenters. The third-order valence-corrected chi connectivity index (χ3v) is 1.70. The van der Waals surface area contributed by atoms with Crippen molar-refractivity contribution >= 4 is 11.7 Å². The van der Waals surface area contributed by atoms with Gasteiger partial charge in [-0.1, -0.05) is 0 Å². The molecule has 0 amide bonds. The lowest BCUT2D eigenvalue weighted by Gasteiger charge is -2.08. The molecule has 0 spiro atoms.